The molecule has 0 radical (unpaired) electrons. The van der Waals surface area contributed by atoms with Crippen LogP contribution in [-0.4, -0.2) is 16.8 Å². The highest BCUT2D eigenvalue weighted by molar-refractivity contribution is 8.22. The fourth-order valence-electron chi connectivity index (χ4n) is 3.50. The van der Waals surface area contributed by atoms with Crippen molar-refractivity contribution < 1.29 is 4.79 Å². The van der Waals surface area contributed by atoms with Gasteiger partial charge in [-0.15, -0.1) is 0 Å². The van der Waals surface area contributed by atoms with Crippen LogP contribution in [0, 0.1) is 0 Å². The number of nitrogens with one attached hydrogen (secondary N) is 1. The summed E-state index contributed by atoms with van der Waals surface area (Å²) < 4.78 is 0.892. The molecule has 0 aliphatic carbocycles. The highest BCUT2D eigenvalue weighted by Gasteiger charge is 2.19. The Kier molecular flexibility index (Phi) is 6.35. The van der Waals surface area contributed by atoms with Crippen LogP contribution in [0.15, 0.2) is 72.8 Å². The first-order chi connectivity index (χ1) is 14.6. The Bertz CT molecular complexity index is 1070. The van der Waals surface area contributed by atoms with Gasteiger partial charge in [0, 0.05) is 23.5 Å². The lowest BCUT2D eigenvalue weighted by atomic mass is 10.0. The summed E-state index contributed by atoms with van der Waals surface area (Å²) in [7, 11) is 0. The van der Waals surface area contributed by atoms with E-state index in [0.29, 0.717) is 16.9 Å². The predicted molar refractivity (Wildman–Crippen MR) is 131 cm³/mol. The van der Waals surface area contributed by atoms with Crippen LogP contribution in [0.2, 0.25) is 0 Å². The Hall–Kier alpha value is -2.83. The number of rotatable bonds is 4. The van der Waals surface area contributed by atoms with Gasteiger partial charge in [-0.25, -0.2) is 0 Å². The molecule has 0 spiro atoms. The van der Waals surface area contributed by atoms with Crippen LogP contribution in [0.5, 0.6) is 0 Å². The molecule has 1 aliphatic rings. The predicted octanol–water partition coefficient (Wildman–Crippen LogP) is 5.49. The molecule has 4 nitrogen and oxygen atoms in total. The molecule has 0 aromatic heterocycles. The molecule has 3 N–H and O–H groups in total. The molecule has 0 saturated heterocycles. The van der Waals surface area contributed by atoms with Gasteiger partial charge in [0.15, 0.2) is 0 Å². The van der Waals surface area contributed by atoms with Gasteiger partial charge in [-0.1, -0.05) is 66.4 Å². The molecule has 0 atom stereocenters. The van der Waals surface area contributed by atoms with E-state index >= 15 is 0 Å². The Balaban J connectivity index is 1.36. The fourth-order valence-corrected chi connectivity index (χ4v) is 4.70. The van der Waals surface area contributed by atoms with E-state index < -0.39 is 0 Å². The summed E-state index contributed by atoms with van der Waals surface area (Å²) in [5.41, 5.74) is 11.4. The summed E-state index contributed by atoms with van der Waals surface area (Å²) in [6, 6.07) is 23.3. The van der Waals surface area contributed by atoms with E-state index in [4.69, 9.17) is 18.0 Å². The number of fused-ring (bicyclic) bond motifs is 1. The molecule has 0 saturated carbocycles. The van der Waals surface area contributed by atoms with Crippen molar-refractivity contribution in [2.75, 3.05) is 22.5 Å². The van der Waals surface area contributed by atoms with Gasteiger partial charge in [0.05, 0.1) is 11.4 Å². The largest absolute Gasteiger partial charge is 0.397 e. The Morgan fingerprint density at radius 1 is 1.03 bits per heavy atom. The summed E-state index contributed by atoms with van der Waals surface area (Å²) in [4.78, 5) is 14.7. The first kappa shape index (κ1) is 20.4. The van der Waals surface area contributed by atoms with Crippen LogP contribution in [0.1, 0.15) is 27.9 Å². The molecule has 1 heterocycles. The zero-order valence-corrected chi connectivity index (χ0v) is 18.1. The first-order valence-corrected chi connectivity index (χ1v) is 11.3. The number of hydrogen-bond donors (Lipinski definition) is 2. The van der Waals surface area contributed by atoms with Gasteiger partial charge in [-0.2, -0.15) is 0 Å². The maximum absolute atomic E-state index is 12.5. The van der Waals surface area contributed by atoms with Gasteiger partial charge in [-0.3, -0.25) is 4.79 Å². The minimum absolute atomic E-state index is 0.174. The van der Waals surface area contributed by atoms with Crippen LogP contribution in [0.3, 0.4) is 0 Å². The van der Waals surface area contributed by atoms with Crippen molar-refractivity contribution in [3.8, 4) is 0 Å². The smallest absolute Gasteiger partial charge is 0.255 e. The van der Waals surface area contributed by atoms with Gasteiger partial charge in [0.2, 0.25) is 0 Å². The number of nitrogens with zero attached hydrogens (tertiary/aromatic N) is 1. The normalized spacial score (nSPS) is 12.9. The van der Waals surface area contributed by atoms with E-state index in [1.165, 1.54) is 11.3 Å². The van der Waals surface area contributed by atoms with E-state index in [-0.39, 0.29) is 5.91 Å². The van der Waals surface area contributed by atoms with Crippen LogP contribution in [-0.2, 0) is 12.2 Å². The topological polar surface area (TPSA) is 58.4 Å². The minimum Gasteiger partial charge on any atom is -0.397 e. The number of nitrogen functional groups attached to an aromatic ring is 1. The number of thioether (sulfide) groups is 1. The molecule has 6 heteroatoms. The average molecular weight is 434 g/mol. The minimum atomic E-state index is -0.174. The highest BCUT2D eigenvalue weighted by atomic mass is 32.2. The molecule has 1 amide bonds. The Labute approximate surface area is 186 Å². The number of thiocarbonyl (C=S) groups is 1. The van der Waals surface area contributed by atoms with Gasteiger partial charge >= 0.3 is 0 Å². The average Bonchev–Trinajstić information content (AvgIpc) is 2.79. The van der Waals surface area contributed by atoms with Gasteiger partial charge in [0.25, 0.3) is 5.91 Å². The molecule has 152 valence electrons. The number of amides is 1. The number of para-hydroxylation sites is 3. The molecule has 3 aromatic carbocycles. The second kappa shape index (κ2) is 9.32. The monoisotopic (exact) mass is 433 g/mol. The molecule has 3 aromatic rings. The molecule has 4 rings (SSSR count). The van der Waals surface area contributed by atoms with E-state index in [1.807, 2.05) is 36.4 Å². The number of benzene rings is 3. The molecule has 0 unspecified atom stereocenters. The van der Waals surface area contributed by atoms with Crippen LogP contribution in [0.25, 0.3) is 0 Å². The van der Waals surface area contributed by atoms with Crippen molar-refractivity contribution in [1.82, 2.24) is 0 Å². The summed E-state index contributed by atoms with van der Waals surface area (Å²) >= 11 is 7.37. The summed E-state index contributed by atoms with van der Waals surface area (Å²) in [5, 5.41) is 2.85. The third kappa shape index (κ3) is 4.66. The number of aryl methyl sites for hydroxylation is 1. The number of nitrogens with two attached hydrogens (primary N) is 1. The molecule has 0 fully saturated rings. The van der Waals surface area contributed by atoms with Gasteiger partial charge in [-0.05, 0) is 54.3 Å². The number of carbonyl (C=O) groups is 1. The second-order valence-electron chi connectivity index (χ2n) is 7.18. The van der Waals surface area contributed by atoms with Crippen molar-refractivity contribution in [2.45, 2.75) is 18.6 Å². The van der Waals surface area contributed by atoms with Crippen molar-refractivity contribution in [3.05, 3.63) is 89.5 Å². The van der Waals surface area contributed by atoms with Crippen molar-refractivity contribution >= 4 is 51.3 Å². The van der Waals surface area contributed by atoms with Gasteiger partial charge in [0.1, 0.15) is 4.32 Å². The summed E-state index contributed by atoms with van der Waals surface area (Å²) in [6.07, 6.45) is 2.23. The van der Waals surface area contributed by atoms with E-state index in [9.17, 15) is 4.79 Å². The molecular formula is C24H23N3OS2. The molecule has 30 heavy (non-hydrogen) atoms. The Morgan fingerprint density at radius 2 is 1.77 bits per heavy atom. The second-order valence-corrected chi connectivity index (χ2v) is 8.79. The highest BCUT2D eigenvalue weighted by Crippen LogP contribution is 2.30. The van der Waals surface area contributed by atoms with E-state index in [1.54, 1.807) is 23.9 Å². The molecule has 0 bridgehead atoms. The first-order valence-electron chi connectivity index (χ1n) is 9.89. The van der Waals surface area contributed by atoms with E-state index in [2.05, 4.69) is 34.5 Å². The lowest BCUT2D eigenvalue weighted by molar-refractivity contribution is 0.102. The zero-order chi connectivity index (χ0) is 20.9. The lowest BCUT2D eigenvalue weighted by Gasteiger charge is -2.31. The maximum atomic E-state index is 12.5. The number of anilines is 3. The fraction of sp³-hybridized carbons (Fsp3) is 0.167. The summed E-state index contributed by atoms with van der Waals surface area (Å²) in [6.45, 7) is 0.963. The van der Waals surface area contributed by atoms with Crippen LogP contribution in [0.4, 0.5) is 17.1 Å². The Morgan fingerprint density at radius 3 is 2.57 bits per heavy atom. The third-order valence-corrected chi connectivity index (χ3v) is 6.64. The van der Waals surface area contributed by atoms with Crippen molar-refractivity contribution in [3.63, 3.8) is 0 Å². The SMILES string of the molecule is Nc1ccccc1NC(=O)c1ccc(CSC(=S)N2CCCc3ccccc32)cc1. The van der Waals surface area contributed by atoms with Gasteiger partial charge < -0.3 is 16.0 Å². The molecular weight excluding hydrogens is 410 g/mol. The standard InChI is InChI=1S/C24H23N3OS2/c25-20-8-2-3-9-21(20)26-23(28)19-13-11-17(12-14-19)16-30-24(29)27-15-5-7-18-6-1-4-10-22(18)27/h1-4,6,8-14H,5,7,15-16,25H2,(H,26,28). The van der Waals surface area contributed by atoms with E-state index in [0.717, 1.165) is 35.0 Å². The van der Waals surface area contributed by atoms with Crippen molar-refractivity contribution in [1.29, 1.82) is 0 Å². The summed E-state index contributed by atoms with van der Waals surface area (Å²) in [5.74, 6) is 0.595. The number of hydrogen-bond acceptors (Lipinski definition) is 4. The third-order valence-electron chi connectivity index (χ3n) is 5.12. The number of carbonyl (C=O) groups excluding carboxylic acids is 1. The maximum Gasteiger partial charge on any atom is 0.255 e. The lowest BCUT2D eigenvalue weighted by Crippen LogP contribution is -2.32. The van der Waals surface area contributed by atoms with Crippen LogP contribution < -0.4 is 16.0 Å². The van der Waals surface area contributed by atoms with Crippen molar-refractivity contribution in [2.24, 2.45) is 0 Å². The van der Waals surface area contributed by atoms with Crippen LogP contribution >= 0.6 is 24.0 Å². The zero-order valence-electron chi connectivity index (χ0n) is 16.5. The quantitative estimate of drug-likeness (QED) is 0.421. The molecule has 1 aliphatic heterocycles.